The van der Waals surface area contributed by atoms with Crippen LogP contribution in [0, 0.1) is 0 Å². The number of halogens is 1. The first-order valence-electron chi connectivity index (χ1n) is 12.9. The van der Waals surface area contributed by atoms with E-state index in [0.717, 1.165) is 46.2 Å². The zero-order valence-electron chi connectivity index (χ0n) is 21.7. The van der Waals surface area contributed by atoms with Crippen molar-refractivity contribution < 1.29 is 9.53 Å². The van der Waals surface area contributed by atoms with Crippen molar-refractivity contribution in [1.82, 2.24) is 19.2 Å². The van der Waals surface area contributed by atoms with E-state index in [1.54, 1.807) is 31.4 Å². The zero-order chi connectivity index (χ0) is 26.9. The normalized spacial score (nSPS) is 14.3. The predicted octanol–water partition coefficient (Wildman–Crippen LogP) is 7.02. The van der Waals surface area contributed by atoms with Crippen molar-refractivity contribution >= 4 is 23.3 Å². The molecule has 8 heteroatoms. The minimum absolute atomic E-state index is 0.222. The number of hydrogen-bond donors (Lipinski definition) is 1. The SMILES string of the molecule is CCc1nn(-c2ccccc2)c2c1CN(C(=O)Nc1ccc(Cl)cc1)C(c1cccc(OC)c1)c1cccn1-2. The number of carbonyl (C=O) groups is 1. The Morgan fingerprint density at radius 3 is 2.56 bits per heavy atom. The monoisotopic (exact) mass is 537 g/mol. The topological polar surface area (TPSA) is 64.3 Å². The van der Waals surface area contributed by atoms with Gasteiger partial charge in [0.1, 0.15) is 11.6 Å². The summed E-state index contributed by atoms with van der Waals surface area (Å²) >= 11 is 6.09. The minimum atomic E-state index is -0.385. The minimum Gasteiger partial charge on any atom is -0.497 e. The van der Waals surface area contributed by atoms with Crippen molar-refractivity contribution in [3.63, 3.8) is 0 Å². The number of fused-ring (bicyclic) bond motifs is 3. The van der Waals surface area contributed by atoms with Gasteiger partial charge in [0.05, 0.1) is 36.8 Å². The van der Waals surface area contributed by atoms with E-state index in [0.29, 0.717) is 17.3 Å². The summed E-state index contributed by atoms with van der Waals surface area (Å²) in [4.78, 5) is 15.9. The number of anilines is 1. The van der Waals surface area contributed by atoms with E-state index in [1.165, 1.54) is 0 Å². The van der Waals surface area contributed by atoms with Crippen molar-refractivity contribution in [1.29, 1.82) is 0 Å². The van der Waals surface area contributed by atoms with Crippen LogP contribution in [0.1, 0.15) is 35.5 Å². The van der Waals surface area contributed by atoms with Crippen molar-refractivity contribution in [2.75, 3.05) is 12.4 Å². The Labute approximate surface area is 232 Å². The molecule has 0 spiro atoms. The molecule has 3 aromatic carbocycles. The van der Waals surface area contributed by atoms with E-state index in [4.69, 9.17) is 21.4 Å². The highest BCUT2D eigenvalue weighted by atomic mass is 35.5. The van der Waals surface area contributed by atoms with Crippen LogP contribution in [0.15, 0.2) is 97.2 Å². The van der Waals surface area contributed by atoms with Gasteiger partial charge in [-0.05, 0) is 72.6 Å². The molecule has 0 bridgehead atoms. The Balaban J connectivity index is 1.55. The van der Waals surface area contributed by atoms with Gasteiger partial charge in [0.2, 0.25) is 0 Å². The Morgan fingerprint density at radius 2 is 1.82 bits per heavy atom. The number of benzene rings is 3. The summed E-state index contributed by atoms with van der Waals surface area (Å²) in [5, 5.41) is 8.71. The molecule has 0 saturated heterocycles. The van der Waals surface area contributed by atoms with Crippen molar-refractivity contribution in [3.05, 3.63) is 125 Å². The smallest absolute Gasteiger partial charge is 0.322 e. The number of nitrogens with one attached hydrogen (secondary N) is 1. The fraction of sp³-hybridized carbons (Fsp3) is 0.161. The summed E-state index contributed by atoms with van der Waals surface area (Å²) in [6, 6.07) is 28.6. The molecule has 0 saturated carbocycles. The molecule has 1 aliphatic heterocycles. The molecular weight excluding hydrogens is 510 g/mol. The molecule has 2 aromatic heterocycles. The molecule has 5 aromatic rings. The van der Waals surface area contributed by atoms with E-state index in [2.05, 4.69) is 22.9 Å². The predicted molar refractivity (Wildman–Crippen MR) is 153 cm³/mol. The van der Waals surface area contributed by atoms with Gasteiger partial charge >= 0.3 is 6.03 Å². The summed E-state index contributed by atoms with van der Waals surface area (Å²) in [7, 11) is 1.65. The average Bonchev–Trinajstić information content (AvgIpc) is 3.55. The molecule has 7 nitrogen and oxygen atoms in total. The summed E-state index contributed by atoms with van der Waals surface area (Å²) in [5.74, 6) is 1.67. The molecule has 0 fully saturated rings. The molecular formula is C31H28ClN5O2. The van der Waals surface area contributed by atoms with Gasteiger partial charge < -0.3 is 19.5 Å². The molecule has 0 radical (unpaired) electrons. The maximum absolute atomic E-state index is 14.1. The highest BCUT2D eigenvalue weighted by molar-refractivity contribution is 6.30. The van der Waals surface area contributed by atoms with E-state index in [-0.39, 0.29) is 12.1 Å². The number of aryl methyl sites for hydroxylation is 1. The van der Waals surface area contributed by atoms with Crippen LogP contribution >= 0.6 is 11.6 Å². The fourth-order valence-electron chi connectivity index (χ4n) is 5.24. The lowest BCUT2D eigenvalue weighted by molar-refractivity contribution is 0.194. The zero-order valence-corrected chi connectivity index (χ0v) is 22.5. The largest absolute Gasteiger partial charge is 0.497 e. The number of hydrogen-bond acceptors (Lipinski definition) is 3. The number of urea groups is 1. The Hall–Kier alpha value is -4.49. The second-order valence-corrected chi connectivity index (χ2v) is 9.83. The van der Waals surface area contributed by atoms with Crippen LogP contribution in [0.3, 0.4) is 0 Å². The number of carbonyl (C=O) groups excluding carboxylic acids is 1. The standard InChI is InChI=1S/C31H28ClN5O2/c1-3-27-26-20-36(31(38)33-23-16-14-22(32)15-17-23)29(21-9-7-12-25(19-21)39-2)28-13-8-18-35(28)30(26)37(34-27)24-10-5-4-6-11-24/h4-19,29H,3,20H2,1-2H3,(H,33,38). The van der Waals surface area contributed by atoms with E-state index < -0.39 is 0 Å². The number of ether oxygens (including phenoxy) is 1. The van der Waals surface area contributed by atoms with Crippen LogP contribution in [0.4, 0.5) is 10.5 Å². The molecule has 0 aliphatic carbocycles. The maximum Gasteiger partial charge on any atom is 0.322 e. The van der Waals surface area contributed by atoms with Crippen LogP contribution in [0.5, 0.6) is 5.75 Å². The molecule has 39 heavy (non-hydrogen) atoms. The second-order valence-electron chi connectivity index (χ2n) is 9.40. The van der Waals surface area contributed by atoms with E-state index >= 15 is 0 Å². The van der Waals surface area contributed by atoms with Gasteiger partial charge in [0.15, 0.2) is 0 Å². The Bertz CT molecular complexity index is 1620. The first kappa shape index (κ1) is 24.8. The number of nitrogens with zero attached hydrogens (tertiary/aromatic N) is 4. The molecule has 1 N–H and O–H groups in total. The third kappa shape index (κ3) is 4.55. The number of rotatable bonds is 5. The summed E-state index contributed by atoms with van der Waals surface area (Å²) in [5.41, 5.74) is 5.49. The molecule has 6 rings (SSSR count). The van der Waals surface area contributed by atoms with Gasteiger partial charge in [0.25, 0.3) is 0 Å². The summed E-state index contributed by atoms with van der Waals surface area (Å²) in [6.07, 6.45) is 2.78. The quantitative estimate of drug-likeness (QED) is 0.262. The Kier molecular flexibility index (Phi) is 6.59. The third-order valence-corrected chi connectivity index (χ3v) is 7.32. The first-order valence-corrected chi connectivity index (χ1v) is 13.3. The number of methoxy groups -OCH3 is 1. The number of amides is 2. The van der Waals surface area contributed by atoms with Crippen molar-refractivity contribution in [2.24, 2.45) is 0 Å². The van der Waals surface area contributed by atoms with Gasteiger partial charge in [-0.15, -0.1) is 0 Å². The van der Waals surface area contributed by atoms with Gasteiger partial charge in [-0.1, -0.05) is 48.9 Å². The van der Waals surface area contributed by atoms with Gasteiger partial charge in [0, 0.05) is 22.5 Å². The number of aromatic nitrogens is 3. The number of para-hydroxylation sites is 1. The summed E-state index contributed by atoms with van der Waals surface area (Å²) < 4.78 is 9.70. The highest BCUT2D eigenvalue weighted by Gasteiger charge is 2.36. The van der Waals surface area contributed by atoms with Crippen LogP contribution in [-0.4, -0.2) is 32.4 Å². The maximum atomic E-state index is 14.1. The van der Waals surface area contributed by atoms with Gasteiger partial charge in [-0.25, -0.2) is 9.48 Å². The molecule has 2 amide bonds. The van der Waals surface area contributed by atoms with E-state index in [1.807, 2.05) is 76.4 Å². The first-order chi connectivity index (χ1) is 19.1. The lowest BCUT2D eigenvalue weighted by Gasteiger charge is -2.31. The van der Waals surface area contributed by atoms with Crippen LogP contribution in [0.25, 0.3) is 11.5 Å². The average molecular weight is 538 g/mol. The molecule has 1 atom stereocenters. The lowest BCUT2D eigenvalue weighted by Crippen LogP contribution is -2.38. The molecule has 1 unspecified atom stereocenters. The fourth-order valence-corrected chi connectivity index (χ4v) is 5.37. The second kappa shape index (κ2) is 10.3. The summed E-state index contributed by atoms with van der Waals surface area (Å²) in [6.45, 7) is 2.46. The molecule has 3 heterocycles. The van der Waals surface area contributed by atoms with Crippen molar-refractivity contribution in [3.8, 4) is 17.3 Å². The highest BCUT2D eigenvalue weighted by Crippen LogP contribution is 2.39. The van der Waals surface area contributed by atoms with Crippen LogP contribution in [-0.2, 0) is 13.0 Å². The van der Waals surface area contributed by atoms with Crippen LogP contribution in [0.2, 0.25) is 5.02 Å². The molecule has 1 aliphatic rings. The van der Waals surface area contributed by atoms with Gasteiger partial charge in [-0.2, -0.15) is 5.10 Å². The van der Waals surface area contributed by atoms with Crippen LogP contribution < -0.4 is 10.1 Å². The molecule has 196 valence electrons. The third-order valence-electron chi connectivity index (χ3n) is 7.07. The van der Waals surface area contributed by atoms with Crippen molar-refractivity contribution in [2.45, 2.75) is 25.9 Å². The Morgan fingerprint density at radius 1 is 1.03 bits per heavy atom. The van der Waals surface area contributed by atoms with Gasteiger partial charge in [-0.3, -0.25) is 0 Å². The van der Waals surface area contributed by atoms with E-state index in [9.17, 15) is 4.79 Å². The lowest BCUT2D eigenvalue weighted by atomic mass is 10.0.